The maximum absolute atomic E-state index is 12.8. The van der Waals surface area contributed by atoms with E-state index in [2.05, 4.69) is 10.0 Å². The summed E-state index contributed by atoms with van der Waals surface area (Å²) in [5.74, 6) is 1.39. The van der Waals surface area contributed by atoms with Crippen molar-refractivity contribution >= 4 is 21.6 Å². The van der Waals surface area contributed by atoms with Crippen LogP contribution in [0.25, 0.3) is 0 Å². The Labute approximate surface area is 186 Å². The Morgan fingerprint density at radius 3 is 2.34 bits per heavy atom. The van der Waals surface area contributed by atoms with Gasteiger partial charge in [-0.3, -0.25) is 9.52 Å². The first-order chi connectivity index (χ1) is 15.4. The number of sulfonamides is 1. The summed E-state index contributed by atoms with van der Waals surface area (Å²) in [6.07, 6.45) is 3.05. The summed E-state index contributed by atoms with van der Waals surface area (Å²) in [7, 11) is -0.904. The van der Waals surface area contributed by atoms with Crippen LogP contribution < -0.4 is 19.5 Å². The van der Waals surface area contributed by atoms with Gasteiger partial charge in [0.05, 0.1) is 37.3 Å². The molecule has 0 atom stereocenters. The highest BCUT2D eigenvalue weighted by Gasteiger charge is 2.51. The smallest absolute Gasteiger partial charge is 0.262 e. The van der Waals surface area contributed by atoms with Gasteiger partial charge in [0, 0.05) is 11.8 Å². The van der Waals surface area contributed by atoms with Crippen LogP contribution in [0.3, 0.4) is 0 Å². The fraction of sp³-hybridized carbons (Fsp3) is 0.261. The summed E-state index contributed by atoms with van der Waals surface area (Å²) >= 11 is 0. The number of carbonyl (C=O) groups excluding carboxylic acids is 1. The average molecular weight is 457 g/mol. The second kappa shape index (κ2) is 8.58. The normalized spacial score (nSPS) is 14.4. The molecule has 1 aliphatic carbocycles. The molecule has 1 aromatic heterocycles. The van der Waals surface area contributed by atoms with E-state index in [4.69, 9.17) is 13.9 Å². The van der Waals surface area contributed by atoms with Crippen LogP contribution in [0.4, 0.5) is 5.69 Å². The number of methoxy groups -OCH3 is 2. The Hall–Kier alpha value is -3.46. The third kappa shape index (κ3) is 4.29. The first kappa shape index (κ1) is 21.8. The highest BCUT2D eigenvalue weighted by atomic mass is 32.2. The summed E-state index contributed by atoms with van der Waals surface area (Å²) in [5.41, 5.74) is 0.673. The number of nitrogens with one attached hydrogen (secondary N) is 2. The Morgan fingerprint density at radius 1 is 1.03 bits per heavy atom. The van der Waals surface area contributed by atoms with Crippen molar-refractivity contribution in [3.8, 4) is 11.5 Å². The molecule has 1 aliphatic rings. The zero-order chi connectivity index (χ0) is 22.8. The number of benzene rings is 2. The van der Waals surface area contributed by atoms with Gasteiger partial charge in [-0.2, -0.15) is 0 Å². The maximum atomic E-state index is 12.8. The molecule has 32 heavy (non-hydrogen) atoms. The first-order valence-electron chi connectivity index (χ1n) is 10.0. The van der Waals surface area contributed by atoms with Crippen molar-refractivity contribution in [3.63, 3.8) is 0 Å². The van der Waals surface area contributed by atoms with Crippen LogP contribution in [-0.2, 0) is 26.8 Å². The van der Waals surface area contributed by atoms with Gasteiger partial charge in [0.15, 0.2) is 11.5 Å². The van der Waals surface area contributed by atoms with E-state index < -0.39 is 15.4 Å². The molecule has 168 valence electrons. The second-order valence-electron chi connectivity index (χ2n) is 7.54. The number of hydrogen-bond donors (Lipinski definition) is 2. The van der Waals surface area contributed by atoms with E-state index in [9.17, 15) is 13.2 Å². The summed E-state index contributed by atoms with van der Waals surface area (Å²) in [4.78, 5) is 12.8. The Kier molecular flexibility index (Phi) is 5.84. The molecule has 0 bridgehead atoms. The predicted molar refractivity (Wildman–Crippen MR) is 118 cm³/mol. The van der Waals surface area contributed by atoms with Crippen molar-refractivity contribution in [2.45, 2.75) is 29.7 Å². The zero-order valence-corrected chi connectivity index (χ0v) is 18.6. The van der Waals surface area contributed by atoms with Crippen molar-refractivity contribution in [1.29, 1.82) is 0 Å². The van der Waals surface area contributed by atoms with E-state index in [1.807, 2.05) is 0 Å². The van der Waals surface area contributed by atoms with Crippen LogP contribution in [0.1, 0.15) is 24.2 Å². The minimum Gasteiger partial charge on any atom is -0.493 e. The average Bonchev–Trinajstić information content (AvgIpc) is 3.45. The highest BCUT2D eigenvalue weighted by Crippen LogP contribution is 2.48. The number of carbonyl (C=O) groups is 1. The second-order valence-corrected chi connectivity index (χ2v) is 9.23. The van der Waals surface area contributed by atoms with Gasteiger partial charge in [0.2, 0.25) is 5.91 Å². The quantitative estimate of drug-likeness (QED) is 0.511. The van der Waals surface area contributed by atoms with Crippen LogP contribution in [0.2, 0.25) is 0 Å². The number of amides is 1. The number of hydrogen-bond acceptors (Lipinski definition) is 6. The maximum Gasteiger partial charge on any atom is 0.262 e. The van der Waals surface area contributed by atoms with Crippen LogP contribution in [-0.4, -0.2) is 28.5 Å². The van der Waals surface area contributed by atoms with Gasteiger partial charge in [-0.25, -0.2) is 8.42 Å². The highest BCUT2D eigenvalue weighted by molar-refractivity contribution is 7.92. The van der Waals surface area contributed by atoms with E-state index in [1.165, 1.54) is 32.4 Å². The van der Waals surface area contributed by atoms with Gasteiger partial charge < -0.3 is 19.2 Å². The summed E-state index contributed by atoms with van der Waals surface area (Å²) in [5, 5.41) is 2.91. The summed E-state index contributed by atoms with van der Waals surface area (Å²) in [6, 6.07) is 14.8. The van der Waals surface area contributed by atoms with E-state index in [0.717, 1.165) is 18.4 Å². The molecule has 0 aliphatic heterocycles. The molecule has 3 aromatic rings. The minimum atomic E-state index is -3.83. The molecular formula is C23H24N2O6S. The molecule has 1 heterocycles. The summed E-state index contributed by atoms with van der Waals surface area (Å²) < 4.78 is 43.7. The Bertz CT molecular complexity index is 1200. The van der Waals surface area contributed by atoms with Crippen molar-refractivity contribution in [2.75, 3.05) is 18.9 Å². The third-order valence-corrected chi connectivity index (χ3v) is 6.92. The molecule has 0 radical (unpaired) electrons. The molecule has 4 rings (SSSR count). The van der Waals surface area contributed by atoms with E-state index in [1.54, 1.807) is 42.7 Å². The van der Waals surface area contributed by atoms with Gasteiger partial charge >= 0.3 is 0 Å². The van der Waals surface area contributed by atoms with Gasteiger partial charge in [-0.05, 0) is 54.8 Å². The zero-order valence-electron chi connectivity index (χ0n) is 17.8. The summed E-state index contributed by atoms with van der Waals surface area (Å²) in [6.45, 7) is 0.330. The standard InChI is InChI=1S/C23H24N2O6S/c1-29-20-10-9-19(14-21(20)30-2)32(27,28)25-17-7-5-16(6-8-17)23(11-12-23)22(26)24-15-18-4-3-13-31-18/h3-10,13-14,25H,11-12,15H2,1-2H3,(H,24,26). The number of rotatable bonds is 9. The topological polar surface area (TPSA) is 107 Å². The van der Waals surface area contributed by atoms with Crippen molar-refractivity contribution < 1.29 is 27.1 Å². The Morgan fingerprint density at radius 2 is 1.75 bits per heavy atom. The van der Waals surface area contributed by atoms with Crippen molar-refractivity contribution in [3.05, 3.63) is 72.2 Å². The van der Waals surface area contributed by atoms with Gasteiger partial charge in [-0.1, -0.05) is 12.1 Å². The van der Waals surface area contributed by atoms with Crippen molar-refractivity contribution in [1.82, 2.24) is 5.32 Å². The number of anilines is 1. The third-order valence-electron chi connectivity index (χ3n) is 5.54. The van der Waals surface area contributed by atoms with Crippen LogP contribution >= 0.6 is 0 Å². The molecule has 2 N–H and O–H groups in total. The lowest BCUT2D eigenvalue weighted by Gasteiger charge is -2.16. The van der Waals surface area contributed by atoms with Crippen molar-refractivity contribution in [2.24, 2.45) is 0 Å². The molecule has 1 fully saturated rings. The Balaban J connectivity index is 1.46. The lowest BCUT2D eigenvalue weighted by atomic mass is 9.95. The fourth-order valence-electron chi connectivity index (χ4n) is 3.58. The number of ether oxygens (including phenoxy) is 2. The molecule has 1 saturated carbocycles. The lowest BCUT2D eigenvalue weighted by Crippen LogP contribution is -2.34. The van der Waals surface area contributed by atoms with E-state index >= 15 is 0 Å². The van der Waals surface area contributed by atoms with E-state index in [0.29, 0.717) is 29.5 Å². The minimum absolute atomic E-state index is 0.0511. The predicted octanol–water partition coefficient (Wildman–Crippen LogP) is 3.45. The molecule has 0 spiro atoms. The molecule has 0 saturated heterocycles. The molecule has 8 nitrogen and oxygen atoms in total. The van der Waals surface area contributed by atoms with Gasteiger partial charge in [0.25, 0.3) is 10.0 Å². The molecule has 2 aromatic carbocycles. The van der Waals surface area contributed by atoms with E-state index in [-0.39, 0.29) is 10.8 Å². The first-order valence-corrected chi connectivity index (χ1v) is 11.5. The monoisotopic (exact) mass is 456 g/mol. The fourth-order valence-corrected chi connectivity index (χ4v) is 4.65. The largest absolute Gasteiger partial charge is 0.493 e. The number of furan rings is 1. The molecule has 0 unspecified atom stereocenters. The molecular weight excluding hydrogens is 432 g/mol. The van der Waals surface area contributed by atoms with Crippen LogP contribution in [0, 0.1) is 0 Å². The van der Waals surface area contributed by atoms with Gasteiger partial charge in [-0.15, -0.1) is 0 Å². The lowest BCUT2D eigenvalue weighted by molar-refractivity contribution is -0.123. The molecule has 1 amide bonds. The van der Waals surface area contributed by atoms with Crippen LogP contribution in [0.5, 0.6) is 11.5 Å². The van der Waals surface area contributed by atoms with Crippen LogP contribution in [0.15, 0.2) is 70.2 Å². The van der Waals surface area contributed by atoms with Gasteiger partial charge in [0.1, 0.15) is 5.76 Å². The molecule has 9 heteroatoms. The SMILES string of the molecule is COc1ccc(S(=O)(=O)Nc2ccc(C3(C(=O)NCc4ccco4)CC3)cc2)cc1OC.